The van der Waals surface area contributed by atoms with Crippen molar-refractivity contribution in [3.05, 3.63) is 75.7 Å². The summed E-state index contributed by atoms with van der Waals surface area (Å²) in [5, 5.41) is 15.5. The van der Waals surface area contributed by atoms with Gasteiger partial charge >= 0.3 is 0 Å². The molecule has 3 nitrogen and oxygen atoms in total. The Bertz CT molecular complexity index is 1000. The molecular weight excluding hydrogens is 350 g/mol. The van der Waals surface area contributed by atoms with Gasteiger partial charge in [0.15, 0.2) is 0 Å². The molecule has 3 rings (SSSR count). The summed E-state index contributed by atoms with van der Waals surface area (Å²) < 4.78 is 0. The predicted molar refractivity (Wildman–Crippen MR) is 115 cm³/mol. The molecule has 27 heavy (non-hydrogen) atoms. The van der Waals surface area contributed by atoms with Crippen LogP contribution in [0.5, 0.6) is 0 Å². The van der Waals surface area contributed by atoms with E-state index < -0.39 is 0 Å². The molecule has 0 aliphatic rings. The Balaban J connectivity index is 1.79. The van der Waals surface area contributed by atoms with Gasteiger partial charge in [0, 0.05) is 22.8 Å². The summed E-state index contributed by atoms with van der Waals surface area (Å²) in [4.78, 5) is 4.66. The number of hydrogen-bond acceptors (Lipinski definition) is 4. The third-order valence-electron chi connectivity index (χ3n) is 4.62. The number of rotatable bonds is 5. The van der Waals surface area contributed by atoms with Crippen LogP contribution in [0.2, 0.25) is 0 Å². The molecule has 3 aromatic rings. The number of thiazole rings is 1. The average Bonchev–Trinajstić information content (AvgIpc) is 3.15. The highest BCUT2D eigenvalue weighted by molar-refractivity contribution is 7.11. The van der Waals surface area contributed by atoms with Gasteiger partial charge in [-0.3, -0.25) is 0 Å². The van der Waals surface area contributed by atoms with E-state index in [1.165, 1.54) is 28.0 Å². The lowest BCUT2D eigenvalue weighted by Crippen LogP contribution is -1.92. The molecule has 0 bridgehead atoms. The molecule has 0 aliphatic carbocycles. The van der Waals surface area contributed by atoms with Crippen LogP contribution in [0.4, 0.5) is 5.69 Å². The summed E-state index contributed by atoms with van der Waals surface area (Å²) in [6.45, 7) is 8.54. The first-order valence-corrected chi connectivity index (χ1v) is 9.86. The lowest BCUT2D eigenvalue weighted by atomic mass is 10.0. The van der Waals surface area contributed by atoms with E-state index in [2.05, 4.69) is 74.4 Å². The largest absolute Gasteiger partial charge is 0.360 e. The first-order chi connectivity index (χ1) is 13.0. The zero-order valence-corrected chi connectivity index (χ0v) is 16.9. The van der Waals surface area contributed by atoms with E-state index in [0.717, 1.165) is 22.0 Å². The van der Waals surface area contributed by atoms with Crippen molar-refractivity contribution in [1.29, 1.82) is 5.26 Å². The van der Waals surface area contributed by atoms with Crippen LogP contribution in [0, 0.1) is 25.2 Å². The molecule has 1 heterocycles. The topological polar surface area (TPSA) is 48.7 Å². The molecule has 0 spiro atoms. The van der Waals surface area contributed by atoms with Crippen LogP contribution in [-0.2, 0) is 0 Å². The van der Waals surface area contributed by atoms with Crippen molar-refractivity contribution in [2.45, 2.75) is 33.6 Å². The second-order valence-corrected chi connectivity index (χ2v) is 7.79. The van der Waals surface area contributed by atoms with Gasteiger partial charge in [-0.15, -0.1) is 11.3 Å². The van der Waals surface area contributed by atoms with Gasteiger partial charge in [0.2, 0.25) is 0 Å². The van der Waals surface area contributed by atoms with Gasteiger partial charge in [0.25, 0.3) is 0 Å². The van der Waals surface area contributed by atoms with Crippen LogP contribution >= 0.6 is 11.3 Å². The summed E-state index contributed by atoms with van der Waals surface area (Å²) >= 11 is 1.49. The van der Waals surface area contributed by atoms with E-state index >= 15 is 0 Å². The van der Waals surface area contributed by atoms with E-state index in [4.69, 9.17) is 0 Å². The van der Waals surface area contributed by atoms with Crippen molar-refractivity contribution in [3.63, 3.8) is 0 Å². The third-order valence-corrected chi connectivity index (χ3v) is 5.49. The highest BCUT2D eigenvalue weighted by Gasteiger charge is 2.09. The summed E-state index contributed by atoms with van der Waals surface area (Å²) in [6.07, 6.45) is 1.73. The van der Waals surface area contributed by atoms with Gasteiger partial charge < -0.3 is 5.32 Å². The van der Waals surface area contributed by atoms with Crippen LogP contribution in [0.1, 0.15) is 41.5 Å². The molecule has 0 unspecified atom stereocenters. The molecule has 4 heteroatoms. The molecule has 2 aromatic carbocycles. The van der Waals surface area contributed by atoms with E-state index in [1.54, 1.807) is 6.20 Å². The van der Waals surface area contributed by atoms with E-state index in [9.17, 15) is 5.26 Å². The van der Waals surface area contributed by atoms with Crippen molar-refractivity contribution in [2.75, 3.05) is 5.32 Å². The molecule has 1 N–H and O–H groups in total. The van der Waals surface area contributed by atoms with Crippen molar-refractivity contribution < 1.29 is 0 Å². The summed E-state index contributed by atoms with van der Waals surface area (Å²) in [6, 6.07) is 16.8. The van der Waals surface area contributed by atoms with E-state index in [-0.39, 0.29) is 0 Å². The number of nitriles is 1. The number of allylic oxidation sites excluding steroid dienone is 1. The third kappa shape index (κ3) is 4.45. The monoisotopic (exact) mass is 373 g/mol. The summed E-state index contributed by atoms with van der Waals surface area (Å²) in [5.74, 6) is 0.503. The SMILES string of the molecule is Cc1ccc(-c2csc(/C(C#N)=C/Nc3ccc(C(C)C)cc3)n2)cc1C. The molecule has 1 aromatic heterocycles. The molecule has 0 amide bonds. The Kier molecular flexibility index (Phi) is 5.73. The summed E-state index contributed by atoms with van der Waals surface area (Å²) in [7, 11) is 0. The second kappa shape index (κ2) is 8.20. The number of anilines is 1. The van der Waals surface area contributed by atoms with Crippen LogP contribution in [-0.4, -0.2) is 4.98 Å². The van der Waals surface area contributed by atoms with Crippen molar-refractivity contribution in [3.8, 4) is 17.3 Å². The van der Waals surface area contributed by atoms with Gasteiger partial charge in [-0.2, -0.15) is 5.26 Å². The lowest BCUT2D eigenvalue weighted by Gasteiger charge is -2.07. The van der Waals surface area contributed by atoms with Gasteiger partial charge in [0.05, 0.1) is 5.69 Å². The van der Waals surface area contributed by atoms with Crippen LogP contribution in [0.15, 0.2) is 54.0 Å². The van der Waals surface area contributed by atoms with E-state index in [0.29, 0.717) is 11.5 Å². The normalized spacial score (nSPS) is 11.5. The minimum absolute atomic E-state index is 0.503. The highest BCUT2D eigenvalue weighted by Crippen LogP contribution is 2.27. The molecule has 0 fully saturated rings. The standard InChI is InChI=1S/C23H23N3S/c1-15(2)18-7-9-21(10-8-18)25-13-20(12-24)23-26-22(14-27-23)19-6-5-16(3)17(4)11-19/h5-11,13-15,25H,1-4H3/b20-13+. The zero-order valence-electron chi connectivity index (χ0n) is 16.1. The molecule has 0 atom stereocenters. The number of hydrogen-bond donors (Lipinski definition) is 1. The fraction of sp³-hybridized carbons (Fsp3) is 0.217. The van der Waals surface area contributed by atoms with Crippen LogP contribution < -0.4 is 5.32 Å². The zero-order chi connectivity index (χ0) is 19.4. The number of benzene rings is 2. The highest BCUT2D eigenvalue weighted by atomic mass is 32.1. The smallest absolute Gasteiger partial charge is 0.136 e. The molecule has 136 valence electrons. The maximum absolute atomic E-state index is 9.54. The Hall–Kier alpha value is -2.90. The Morgan fingerprint density at radius 3 is 2.48 bits per heavy atom. The summed E-state index contributed by atoms with van der Waals surface area (Å²) in [5.41, 5.74) is 7.27. The minimum Gasteiger partial charge on any atom is -0.360 e. The minimum atomic E-state index is 0.503. The Labute approximate surface area is 165 Å². The van der Waals surface area contributed by atoms with Gasteiger partial charge in [-0.05, 0) is 54.7 Å². The molecule has 0 saturated carbocycles. The van der Waals surface area contributed by atoms with Crippen LogP contribution in [0.25, 0.3) is 16.8 Å². The molecule has 0 radical (unpaired) electrons. The first kappa shape index (κ1) is 18.9. The molecular formula is C23H23N3S. The Morgan fingerprint density at radius 1 is 1.11 bits per heavy atom. The molecule has 0 aliphatic heterocycles. The second-order valence-electron chi connectivity index (χ2n) is 6.93. The fourth-order valence-corrected chi connectivity index (χ4v) is 3.49. The maximum atomic E-state index is 9.54. The van der Waals surface area contributed by atoms with Crippen molar-refractivity contribution in [1.82, 2.24) is 4.98 Å². The van der Waals surface area contributed by atoms with Crippen molar-refractivity contribution in [2.24, 2.45) is 0 Å². The van der Waals surface area contributed by atoms with Gasteiger partial charge in [-0.25, -0.2) is 4.98 Å². The molecule has 0 saturated heterocycles. The predicted octanol–water partition coefficient (Wildman–Crippen LogP) is 6.53. The average molecular weight is 374 g/mol. The Morgan fingerprint density at radius 2 is 1.85 bits per heavy atom. The number of nitrogens with one attached hydrogen (secondary N) is 1. The van der Waals surface area contributed by atoms with Crippen molar-refractivity contribution >= 4 is 22.6 Å². The number of aromatic nitrogens is 1. The number of nitrogens with zero attached hydrogens (tertiary/aromatic N) is 2. The quantitative estimate of drug-likeness (QED) is 0.517. The van der Waals surface area contributed by atoms with Gasteiger partial charge in [0.1, 0.15) is 16.6 Å². The van der Waals surface area contributed by atoms with Crippen LogP contribution in [0.3, 0.4) is 0 Å². The van der Waals surface area contributed by atoms with E-state index in [1.807, 2.05) is 17.5 Å². The lowest BCUT2D eigenvalue weighted by molar-refractivity contribution is 0.867. The maximum Gasteiger partial charge on any atom is 0.136 e. The number of aryl methyl sites for hydroxylation is 2. The fourth-order valence-electron chi connectivity index (χ4n) is 2.69. The first-order valence-electron chi connectivity index (χ1n) is 8.98. The van der Waals surface area contributed by atoms with Gasteiger partial charge in [-0.1, -0.05) is 38.1 Å².